The zero-order valence-corrected chi connectivity index (χ0v) is 25.0. The zero-order valence-electron chi connectivity index (χ0n) is 23.4. The van der Waals surface area contributed by atoms with Gasteiger partial charge in [0, 0.05) is 60.4 Å². The molecule has 0 saturated carbocycles. The van der Waals surface area contributed by atoms with E-state index in [1.807, 2.05) is 70.2 Å². The molecule has 2 heterocycles. The zero-order chi connectivity index (χ0) is 28.9. The summed E-state index contributed by atoms with van der Waals surface area (Å²) in [5, 5.41) is 6.58. The van der Waals surface area contributed by atoms with Crippen molar-refractivity contribution in [1.82, 2.24) is 9.80 Å². The smallest absolute Gasteiger partial charge is 0.261 e. The summed E-state index contributed by atoms with van der Waals surface area (Å²) in [6, 6.07) is 12.8. The molecule has 0 radical (unpaired) electrons. The average molecular weight is 610 g/mol. The van der Waals surface area contributed by atoms with Gasteiger partial charge in [-0.3, -0.25) is 29.0 Å². The molecule has 206 valence electrons. The van der Waals surface area contributed by atoms with Crippen LogP contribution in [0.4, 0.5) is 0 Å². The van der Waals surface area contributed by atoms with Crippen LogP contribution in [-0.4, -0.2) is 45.5 Å². The first-order valence-corrected chi connectivity index (χ1v) is 15.2. The molecule has 0 spiro atoms. The summed E-state index contributed by atoms with van der Waals surface area (Å²) < 4.78 is 0.740. The first-order chi connectivity index (χ1) is 19.8. The first kappa shape index (κ1) is 26.1. The Bertz CT molecular complexity index is 1980. The summed E-state index contributed by atoms with van der Waals surface area (Å²) in [6.45, 7) is 7.98. The molecule has 7 rings (SSSR count). The molecular weight excluding hydrogens is 580 g/mol. The maximum Gasteiger partial charge on any atom is 0.261 e. The van der Waals surface area contributed by atoms with Gasteiger partial charge in [-0.2, -0.15) is 0 Å². The van der Waals surface area contributed by atoms with Crippen LogP contribution in [0.3, 0.4) is 0 Å². The van der Waals surface area contributed by atoms with E-state index in [0.29, 0.717) is 58.7 Å². The standard InChI is InChI=1S/C34H29BrN2O4/c1-5-16(6-2)36-31(38)21-12-9-18-19-10-13-23-28-24(34(41)37(33(23)40)17(7-3)8-4)15-25(35)29(30(19)28)20-11-14-22(32(36)39)27(21)26(18)20/h9-17H,5-8H2,1-4H3. The van der Waals surface area contributed by atoms with Gasteiger partial charge in [-0.05, 0) is 71.5 Å². The highest BCUT2D eigenvalue weighted by atomic mass is 79.9. The Morgan fingerprint density at radius 1 is 0.512 bits per heavy atom. The Balaban J connectivity index is 1.59. The van der Waals surface area contributed by atoms with Crippen LogP contribution in [0.5, 0.6) is 0 Å². The highest BCUT2D eigenvalue weighted by molar-refractivity contribution is 9.10. The summed E-state index contributed by atoms with van der Waals surface area (Å²) in [5.41, 5.74) is 2.10. The molecule has 0 bridgehead atoms. The number of amides is 4. The topological polar surface area (TPSA) is 74.8 Å². The molecule has 0 aliphatic carbocycles. The molecule has 0 unspecified atom stereocenters. The lowest BCUT2D eigenvalue weighted by Crippen LogP contribution is -2.46. The Labute approximate surface area is 245 Å². The summed E-state index contributed by atoms with van der Waals surface area (Å²) in [4.78, 5) is 58.0. The quantitative estimate of drug-likeness (QED) is 0.111. The molecule has 2 aliphatic heterocycles. The molecule has 0 atom stereocenters. The maximum absolute atomic E-state index is 13.8. The highest BCUT2D eigenvalue weighted by Crippen LogP contribution is 2.48. The Hall–Kier alpha value is -3.84. The van der Waals surface area contributed by atoms with Crippen LogP contribution in [0, 0.1) is 0 Å². The number of rotatable bonds is 6. The van der Waals surface area contributed by atoms with E-state index in [0.717, 1.165) is 36.8 Å². The molecular formula is C34H29BrN2O4. The largest absolute Gasteiger partial charge is 0.271 e. The number of hydrogen-bond acceptors (Lipinski definition) is 4. The van der Waals surface area contributed by atoms with Gasteiger partial charge in [0.15, 0.2) is 0 Å². The molecule has 0 aromatic heterocycles. The minimum atomic E-state index is -0.269. The van der Waals surface area contributed by atoms with Gasteiger partial charge in [-0.1, -0.05) is 61.8 Å². The van der Waals surface area contributed by atoms with Crippen LogP contribution < -0.4 is 0 Å². The summed E-state index contributed by atoms with van der Waals surface area (Å²) in [5.74, 6) is -1.04. The monoisotopic (exact) mass is 608 g/mol. The van der Waals surface area contributed by atoms with Gasteiger partial charge >= 0.3 is 0 Å². The molecule has 7 heteroatoms. The van der Waals surface area contributed by atoms with E-state index in [9.17, 15) is 19.2 Å². The van der Waals surface area contributed by atoms with Crippen molar-refractivity contribution >= 4 is 82.6 Å². The fourth-order valence-electron chi connectivity index (χ4n) is 7.33. The molecule has 41 heavy (non-hydrogen) atoms. The fraction of sp³-hybridized carbons (Fsp3) is 0.294. The van der Waals surface area contributed by atoms with Crippen molar-refractivity contribution in [1.29, 1.82) is 0 Å². The molecule has 5 aromatic carbocycles. The van der Waals surface area contributed by atoms with Crippen LogP contribution in [0.25, 0.3) is 43.1 Å². The minimum Gasteiger partial charge on any atom is -0.271 e. The lowest BCUT2D eigenvalue weighted by Gasteiger charge is -2.34. The molecule has 4 amide bonds. The Morgan fingerprint density at radius 2 is 0.902 bits per heavy atom. The van der Waals surface area contributed by atoms with E-state index in [1.165, 1.54) is 9.80 Å². The van der Waals surface area contributed by atoms with Gasteiger partial charge in [-0.25, -0.2) is 0 Å². The summed E-state index contributed by atoms with van der Waals surface area (Å²) >= 11 is 3.78. The highest BCUT2D eigenvalue weighted by Gasteiger charge is 2.40. The lowest BCUT2D eigenvalue weighted by atomic mass is 9.82. The number of nitrogens with zero attached hydrogens (tertiary/aromatic N) is 2. The van der Waals surface area contributed by atoms with Crippen molar-refractivity contribution in [3.05, 3.63) is 69.2 Å². The summed E-state index contributed by atoms with van der Waals surface area (Å²) in [6.07, 6.45) is 2.77. The van der Waals surface area contributed by atoms with Gasteiger partial charge < -0.3 is 0 Å². The van der Waals surface area contributed by atoms with Crippen molar-refractivity contribution in [3.63, 3.8) is 0 Å². The van der Waals surface area contributed by atoms with Crippen molar-refractivity contribution < 1.29 is 19.2 Å². The number of carbonyl (C=O) groups is 4. The van der Waals surface area contributed by atoms with E-state index < -0.39 is 0 Å². The predicted molar refractivity (Wildman–Crippen MR) is 165 cm³/mol. The third kappa shape index (κ3) is 3.18. The third-order valence-electron chi connectivity index (χ3n) is 9.37. The molecule has 2 aliphatic rings. The van der Waals surface area contributed by atoms with Gasteiger partial charge in [0.05, 0.1) is 0 Å². The van der Waals surface area contributed by atoms with E-state index in [1.54, 1.807) is 0 Å². The minimum absolute atomic E-state index is 0.161. The van der Waals surface area contributed by atoms with Crippen LogP contribution in [0.1, 0.15) is 94.8 Å². The van der Waals surface area contributed by atoms with Crippen LogP contribution in [0.2, 0.25) is 0 Å². The van der Waals surface area contributed by atoms with Gasteiger partial charge in [-0.15, -0.1) is 0 Å². The van der Waals surface area contributed by atoms with Crippen molar-refractivity contribution in [2.24, 2.45) is 0 Å². The second kappa shape index (κ2) is 9.08. The van der Waals surface area contributed by atoms with E-state index in [4.69, 9.17) is 0 Å². The third-order valence-corrected chi connectivity index (χ3v) is 9.99. The average Bonchev–Trinajstić information content (AvgIpc) is 2.98. The normalized spacial score (nSPS) is 15.4. The number of hydrogen-bond donors (Lipinski definition) is 0. The Morgan fingerprint density at radius 3 is 1.37 bits per heavy atom. The van der Waals surface area contributed by atoms with E-state index in [-0.39, 0.29) is 35.7 Å². The second-order valence-corrected chi connectivity index (χ2v) is 12.0. The molecule has 5 aromatic rings. The SMILES string of the molecule is CCC(CC)N1C(=O)c2ccc3c4ccc5c6c(cc(Br)c(c7ccc(c2c37)C1=O)c64)C(=O)N(C(CC)CC)C5=O. The van der Waals surface area contributed by atoms with Gasteiger partial charge in [0.25, 0.3) is 23.6 Å². The van der Waals surface area contributed by atoms with Crippen molar-refractivity contribution in [2.75, 3.05) is 0 Å². The number of halogens is 1. The predicted octanol–water partition coefficient (Wildman–Crippen LogP) is 8.07. The van der Waals surface area contributed by atoms with E-state index in [2.05, 4.69) is 15.9 Å². The maximum atomic E-state index is 13.8. The number of carbonyl (C=O) groups excluding carboxylic acids is 4. The molecule has 6 nitrogen and oxygen atoms in total. The summed E-state index contributed by atoms with van der Waals surface area (Å²) in [7, 11) is 0. The van der Waals surface area contributed by atoms with Crippen LogP contribution >= 0.6 is 15.9 Å². The molecule has 0 saturated heterocycles. The van der Waals surface area contributed by atoms with Crippen molar-refractivity contribution in [2.45, 2.75) is 65.5 Å². The second-order valence-electron chi connectivity index (χ2n) is 11.2. The first-order valence-electron chi connectivity index (χ1n) is 14.4. The lowest BCUT2D eigenvalue weighted by molar-refractivity contribution is 0.0514. The van der Waals surface area contributed by atoms with E-state index >= 15 is 0 Å². The van der Waals surface area contributed by atoms with Gasteiger partial charge in [0.1, 0.15) is 0 Å². The molecule has 0 N–H and O–H groups in total. The fourth-order valence-corrected chi connectivity index (χ4v) is 7.97. The van der Waals surface area contributed by atoms with Gasteiger partial charge in [0.2, 0.25) is 0 Å². The number of fused-ring (bicyclic) bond motifs is 2. The van der Waals surface area contributed by atoms with Crippen LogP contribution in [0.15, 0.2) is 46.9 Å². The number of benzene rings is 5. The van der Waals surface area contributed by atoms with Crippen molar-refractivity contribution in [3.8, 4) is 0 Å². The molecule has 0 fully saturated rings. The Kier molecular flexibility index (Phi) is 5.78. The number of imide groups is 2. The van der Waals surface area contributed by atoms with Crippen LogP contribution in [-0.2, 0) is 0 Å².